The second kappa shape index (κ2) is 20.1. The number of carboxylic acid groups (broad SMARTS) is 1. The monoisotopic (exact) mass is 481 g/mol. The molecule has 0 unspecified atom stereocenters. The average Bonchev–Trinajstić information content (AvgIpc) is 3.22. The van der Waals surface area contributed by atoms with Crippen molar-refractivity contribution >= 4 is 39.6 Å². The number of allylic oxidation sites excluding steroid dienone is 3. The first-order chi connectivity index (χ1) is 15.3. The smallest absolute Gasteiger partial charge is 0.404 e. The van der Waals surface area contributed by atoms with Crippen molar-refractivity contribution in [3.63, 3.8) is 0 Å². The standard InChI is InChI=1S/C13H15F2N3O2S2.C6H10.2C2H2/c14-12(15)7-18(5-1-4-16-13(19)20)22-9-2-3-10-11(6-9)21-8-17-10;1-4-5-6(2)3;2*1-2/h2-3,6,8,12,16H,1,4-5,7H2,(H,19,20);4-5H,2H2,1,3H3;2*1-2H/b;5-4-;;. The summed E-state index contributed by atoms with van der Waals surface area (Å²) in [5, 5.41) is 10.7. The Labute approximate surface area is 197 Å². The minimum absolute atomic E-state index is 0.240. The quantitative estimate of drug-likeness (QED) is 0.194. The number of thiazole rings is 1. The molecule has 9 heteroatoms. The molecule has 0 aliphatic heterocycles. The van der Waals surface area contributed by atoms with Crippen molar-refractivity contribution in [1.82, 2.24) is 14.6 Å². The lowest BCUT2D eigenvalue weighted by atomic mass is 10.3. The fraction of sp³-hybridized carbons (Fsp3) is 0.304. The Balaban J connectivity index is 0. The zero-order valence-corrected chi connectivity index (χ0v) is 19.8. The van der Waals surface area contributed by atoms with E-state index in [1.807, 2.05) is 44.2 Å². The zero-order chi connectivity index (χ0) is 24.9. The van der Waals surface area contributed by atoms with Gasteiger partial charge in [-0.05, 0) is 50.4 Å². The van der Waals surface area contributed by atoms with Gasteiger partial charge in [-0.3, -0.25) is 0 Å². The summed E-state index contributed by atoms with van der Waals surface area (Å²) in [6, 6.07) is 5.63. The summed E-state index contributed by atoms with van der Waals surface area (Å²) in [5.74, 6) is 0. The van der Waals surface area contributed by atoms with E-state index >= 15 is 0 Å². The van der Waals surface area contributed by atoms with E-state index in [1.54, 1.807) is 9.82 Å². The predicted octanol–water partition coefficient (Wildman–Crippen LogP) is 6.17. The number of aromatic nitrogens is 1. The Morgan fingerprint density at radius 2 is 2.03 bits per heavy atom. The van der Waals surface area contributed by atoms with Crippen LogP contribution in [0.2, 0.25) is 0 Å². The maximum absolute atomic E-state index is 12.7. The molecule has 0 aliphatic rings. The van der Waals surface area contributed by atoms with Crippen LogP contribution in [-0.4, -0.2) is 46.5 Å². The van der Waals surface area contributed by atoms with Crippen molar-refractivity contribution < 1.29 is 18.7 Å². The van der Waals surface area contributed by atoms with E-state index in [9.17, 15) is 13.6 Å². The van der Waals surface area contributed by atoms with Crippen LogP contribution in [0.25, 0.3) is 10.2 Å². The van der Waals surface area contributed by atoms with Gasteiger partial charge in [0, 0.05) is 18.0 Å². The third-order valence-electron chi connectivity index (χ3n) is 3.19. The van der Waals surface area contributed by atoms with Gasteiger partial charge in [0.1, 0.15) is 0 Å². The molecule has 5 nitrogen and oxygen atoms in total. The molecule has 174 valence electrons. The van der Waals surface area contributed by atoms with Crippen LogP contribution in [-0.2, 0) is 0 Å². The van der Waals surface area contributed by atoms with E-state index in [-0.39, 0.29) is 13.1 Å². The molecule has 0 radical (unpaired) electrons. The molecule has 0 saturated heterocycles. The highest BCUT2D eigenvalue weighted by atomic mass is 32.2. The van der Waals surface area contributed by atoms with Crippen LogP contribution in [0, 0.1) is 25.7 Å². The third-order valence-corrected chi connectivity index (χ3v) is 5.04. The number of nitrogens with zero attached hydrogens (tertiary/aromatic N) is 2. The van der Waals surface area contributed by atoms with E-state index in [0.29, 0.717) is 13.0 Å². The SMILES string of the molecule is C#C.C#C.C=C(C)/C=C\C.O=C(O)NCCCN(CC(F)F)Sc1ccc2ncsc2c1. The van der Waals surface area contributed by atoms with E-state index in [0.717, 1.165) is 20.7 Å². The molecule has 0 saturated carbocycles. The maximum atomic E-state index is 12.7. The van der Waals surface area contributed by atoms with Gasteiger partial charge in [0.05, 0.1) is 22.3 Å². The zero-order valence-electron chi connectivity index (χ0n) is 18.2. The Morgan fingerprint density at radius 3 is 2.53 bits per heavy atom. The van der Waals surface area contributed by atoms with Gasteiger partial charge < -0.3 is 10.4 Å². The molecule has 32 heavy (non-hydrogen) atoms. The van der Waals surface area contributed by atoms with Gasteiger partial charge in [0.15, 0.2) is 0 Å². The average molecular weight is 482 g/mol. The first-order valence-electron chi connectivity index (χ1n) is 9.27. The van der Waals surface area contributed by atoms with Crippen LogP contribution in [0.5, 0.6) is 0 Å². The Morgan fingerprint density at radius 1 is 1.38 bits per heavy atom. The molecule has 0 fully saturated rings. The van der Waals surface area contributed by atoms with Gasteiger partial charge >= 0.3 is 6.09 Å². The minimum Gasteiger partial charge on any atom is -0.465 e. The Bertz CT molecular complexity index is 858. The molecule has 0 spiro atoms. The fourth-order valence-electron chi connectivity index (χ4n) is 2.10. The van der Waals surface area contributed by atoms with E-state index in [1.165, 1.54) is 23.3 Å². The summed E-state index contributed by atoms with van der Waals surface area (Å²) in [7, 11) is 0. The summed E-state index contributed by atoms with van der Waals surface area (Å²) < 4.78 is 27.9. The molecule has 1 amide bonds. The van der Waals surface area contributed by atoms with Gasteiger partial charge in [0.2, 0.25) is 0 Å². The molecule has 2 rings (SSSR count). The van der Waals surface area contributed by atoms with E-state index in [4.69, 9.17) is 5.11 Å². The second-order valence-corrected chi connectivity index (χ2v) is 7.84. The van der Waals surface area contributed by atoms with Gasteiger partial charge in [-0.2, -0.15) is 0 Å². The van der Waals surface area contributed by atoms with Gasteiger partial charge in [-0.25, -0.2) is 22.9 Å². The van der Waals surface area contributed by atoms with Crippen molar-refractivity contribution in [2.75, 3.05) is 19.6 Å². The lowest BCUT2D eigenvalue weighted by Gasteiger charge is -2.20. The summed E-state index contributed by atoms with van der Waals surface area (Å²) >= 11 is 2.75. The highest BCUT2D eigenvalue weighted by Gasteiger charge is 2.14. The number of amides is 1. The summed E-state index contributed by atoms with van der Waals surface area (Å²) in [6.45, 7) is 7.86. The minimum atomic E-state index is -2.44. The number of fused-ring (bicyclic) bond motifs is 1. The van der Waals surface area contributed by atoms with E-state index < -0.39 is 12.5 Å². The largest absolute Gasteiger partial charge is 0.465 e. The van der Waals surface area contributed by atoms with Crippen molar-refractivity contribution in [3.05, 3.63) is 48.0 Å². The number of halogens is 2. The molecule has 0 bridgehead atoms. The predicted molar refractivity (Wildman–Crippen MR) is 133 cm³/mol. The lowest BCUT2D eigenvalue weighted by molar-refractivity contribution is 0.123. The molecule has 1 aromatic heterocycles. The number of benzene rings is 1. The molecule has 2 N–H and O–H groups in total. The van der Waals surface area contributed by atoms with E-state index in [2.05, 4.69) is 42.6 Å². The first kappa shape index (κ1) is 31.3. The van der Waals surface area contributed by atoms with Gasteiger partial charge in [-0.15, -0.1) is 37.0 Å². The van der Waals surface area contributed by atoms with Crippen molar-refractivity contribution in [1.29, 1.82) is 0 Å². The maximum Gasteiger partial charge on any atom is 0.404 e. The number of hydrogen-bond acceptors (Lipinski definition) is 5. The third kappa shape index (κ3) is 15.9. The summed E-state index contributed by atoms with van der Waals surface area (Å²) in [4.78, 5) is 15.4. The second-order valence-electron chi connectivity index (χ2n) is 5.78. The van der Waals surface area contributed by atoms with Crippen LogP contribution < -0.4 is 5.32 Å². The van der Waals surface area contributed by atoms with Gasteiger partial charge in [-0.1, -0.05) is 24.3 Å². The lowest BCUT2D eigenvalue weighted by Crippen LogP contribution is -2.28. The van der Waals surface area contributed by atoms with Crippen LogP contribution >= 0.6 is 23.3 Å². The highest BCUT2D eigenvalue weighted by Crippen LogP contribution is 2.28. The molecule has 2 aromatic rings. The number of rotatable bonds is 9. The van der Waals surface area contributed by atoms with Crippen LogP contribution in [0.1, 0.15) is 20.3 Å². The van der Waals surface area contributed by atoms with Crippen molar-refractivity contribution in [3.8, 4) is 25.7 Å². The fourth-order valence-corrected chi connectivity index (χ4v) is 3.90. The number of hydrogen-bond donors (Lipinski definition) is 2. The number of nitrogens with one attached hydrogen (secondary N) is 1. The van der Waals surface area contributed by atoms with Crippen LogP contribution in [0.4, 0.5) is 13.6 Å². The first-order valence-corrected chi connectivity index (χ1v) is 10.9. The van der Waals surface area contributed by atoms with Crippen LogP contribution in [0.3, 0.4) is 0 Å². The Kier molecular flexibility index (Phi) is 19.7. The van der Waals surface area contributed by atoms with Crippen LogP contribution in [0.15, 0.2) is 52.9 Å². The molecular formula is C23H29F2N3O2S2. The topological polar surface area (TPSA) is 65.5 Å². The normalized spacial score (nSPS) is 9.81. The molecule has 1 heterocycles. The molecule has 1 aromatic carbocycles. The number of terminal acetylenes is 2. The Hall–Kier alpha value is -2.85. The van der Waals surface area contributed by atoms with Crippen molar-refractivity contribution in [2.45, 2.75) is 31.6 Å². The van der Waals surface area contributed by atoms with Gasteiger partial charge in [0.25, 0.3) is 6.43 Å². The molecule has 0 aliphatic carbocycles. The van der Waals surface area contributed by atoms with Crippen molar-refractivity contribution in [2.24, 2.45) is 0 Å². The number of carbonyl (C=O) groups is 1. The highest BCUT2D eigenvalue weighted by molar-refractivity contribution is 7.97. The summed E-state index contributed by atoms with van der Waals surface area (Å²) in [5.41, 5.74) is 3.74. The summed E-state index contributed by atoms with van der Waals surface area (Å²) in [6.07, 6.45) is 16.9. The molecular weight excluding hydrogens is 452 g/mol. The number of alkyl halides is 2. The molecule has 0 atom stereocenters.